The van der Waals surface area contributed by atoms with E-state index in [1.54, 1.807) is 18.0 Å². The van der Waals surface area contributed by atoms with E-state index in [0.29, 0.717) is 0 Å². The van der Waals surface area contributed by atoms with E-state index in [4.69, 9.17) is 5.73 Å². The Morgan fingerprint density at radius 2 is 1.61 bits per heavy atom. The van der Waals surface area contributed by atoms with Crippen LogP contribution in [0.25, 0.3) is 40.5 Å². The predicted molar refractivity (Wildman–Crippen MR) is 127 cm³/mol. The van der Waals surface area contributed by atoms with E-state index in [-0.39, 0.29) is 0 Å². The van der Waals surface area contributed by atoms with E-state index in [0.717, 1.165) is 11.1 Å². The second-order valence-electron chi connectivity index (χ2n) is 6.38. The van der Waals surface area contributed by atoms with Gasteiger partial charge in [0.2, 0.25) is 0 Å². The van der Waals surface area contributed by atoms with Gasteiger partial charge >= 0.3 is 0 Å². The first-order valence-electron chi connectivity index (χ1n) is 9.27. The monoisotopic (exact) mass is 383 g/mol. The fourth-order valence-corrected chi connectivity index (χ4v) is 4.11. The molecule has 0 saturated heterocycles. The number of hydrogen-bond acceptors (Lipinski definition) is 2. The zero-order chi connectivity index (χ0) is 19.9. The van der Waals surface area contributed by atoms with Gasteiger partial charge < -0.3 is 5.73 Å². The first-order chi connectivity index (χ1) is 13.7. The van der Waals surface area contributed by atoms with E-state index >= 15 is 0 Å². The third-order valence-corrected chi connectivity index (χ3v) is 5.46. The van der Waals surface area contributed by atoms with Crippen molar-refractivity contribution in [3.63, 3.8) is 0 Å². The van der Waals surface area contributed by atoms with E-state index in [2.05, 4.69) is 92.6 Å². The highest BCUT2D eigenvalue weighted by molar-refractivity contribution is 7.98. The summed E-state index contributed by atoms with van der Waals surface area (Å²) in [6, 6.07) is 21.3. The minimum Gasteiger partial charge on any atom is -0.405 e. The van der Waals surface area contributed by atoms with Gasteiger partial charge in [-0.3, -0.25) is 0 Å². The molecule has 0 atom stereocenters. The lowest BCUT2D eigenvalue weighted by Crippen LogP contribution is -1.95. The number of hydrogen-bond donors (Lipinski definition) is 1. The van der Waals surface area contributed by atoms with Gasteiger partial charge in [-0.2, -0.15) is 0 Å². The van der Waals surface area contributed by atoms with Crippen molar-refractivity contribution >= 4 is 30.0 Å². The Hall–Kier alpha value is -2.97. The Morgan fingerprint density at radius 1 is 0.893 bits per heavy atom. The van der Waals surface area contributed by atoms with E-state index in [1.165, 1.54) is 32.7 Å². The molecule has 2 N–H and O–H groups in total. The molecule has 0 saturated carbocycles. The maximum absolute atomic E-state index is 5.52. The lowest BCUT2D eigenvalue weighted by Gasteiger charge is -2.19. The molecule has 0 amide bonds. The van der Waals surface area contributed by atoms with Gasteiger partial charge in [0.1, 0.15) is 0 Å². The average molecular weight is 384 g/mol. The summed E-state index contributed by atoms with van der Waals surface area (Å²) in [7, 11) is 0. The highest BCUT2D eigenvalue weighted by atomic mass is 32.2. The van der Waals surface area contributed by atoms with Crippen molar-refractivity contribution in [3.05, 3.63) is 96.2 Å². The molecule has 3 rings (SSSR count). The van der Waals surface area contributed by atoms with Crippen LogP contribution >= 0.6 is 11.8 Å². The number of allylic oxidation sites excluding steroid dienone is 1. The highest BCUT2D eigenvalue weighted by Gasteiger charge is 2.17. The summed E-state index contributed by atoms with van der Waals surface area (Å²) < 4.78 is 0. The van der Waals surface area contributed by atoms with Crippen molar-refractivity contribution in [2.24, 2.45) is 5.73 Å². The summed E-state index contributed by atoms with van der Waals surface area (Å²) in [6.07, 6.45) is 11.8. The fourth-order valence-electron chi connectivity index (χ4n) is 3.44. The van der Waals surface area contributed by atoms with Crippen molar-refractivity contribution in [2.75, 3.05) is 6.26 Å². The van der Waals surface area contributed by atoms with Gasteiger partial charge in [-0.15, -0.1) is 11.8 Å². The van der Waals surface area contributed by atoms with Crippen molar-refractivity contribution < 1.29 is 0 Å². The maximum Gasteiger partial charge on any atom is 0.0160 e. The molecule has 3 aromatic rings. The van der Waals surface area contributed by atoms with Crippen molar-refractivity contribution in [2.45, 2.75) is 11.8 Å². The number of thioether (sulfide) groups is 1. The first kappa shape index (κ1) is 19.8. The number of rotatable bonds is 6. The van der Waals surface area contributed by atoms with Crippen molar-refractivity contribution in [3.8, 4) is 22.3 Å². The minimum absolute atomic E-state index is 1.09. The predicted octanol–water partition coefficient (Wildman–Crippen LogP) is 7.35. The molecule has 0 unspecified atom stereocenters. The van der Waals surface area contributed by atoms with Crippen LogP contribution in [0.5, 0.6) is 0 Å². The number of nitrogens with two attached hydrogens (primary N) is 1. The molecule has 0 aliphatic rings. The second kappa shape index (κ2) is 9.29. The zero-order valence-electron chi connectivity index (χ0n) is 16.4. The molecule has 0 aromatic heterocycles. The Bertz CT molecular complexity index is 1010. The summed E-state index contributed by atoms with van der Waals surface area (Å²) in [4.78, 5) is 1.24. The fraction of sp³-hybridized carbons (Fsp3) is 0.0769. The topological polar surface area (TPSA) is 26.0 Å². The van der Waals surface area contributed by atoms with E-state index in [1.807, 2.05) is 12.2 Å². The van der Waals surface area contributed by atoms with Gasteiger partial charge in [0.05, 0.1) is 0 Å². The quantitative estimate of drug-likeness (QED) is 0.450. The van der Waals surface area contributed by atoms with Crippen LogP contribution in [0.2, 0.25) is 0 Å². The van der Waals surface area contributed by atoms with Gasteiger partial charge in [-0.1, -0.05) is 79.4 Å². The molecule has 0 fully saturated rings. The average Bonchev–Trinajstić information content (AvgIpc) is 2.75. The van der Waals surface area contributed by atoms with Crippen molar-refractivity contribution in [1.29, 1.82) is 0 Å². The minimum atomic E-state index is 1.09. The molecule has 0 radical (unpaired) electrons. The Labute approximate surface area is 172 Å². The number of benzene rings is 3. The molecule has 0 aliphatic carbocycles. The van der Waals surface area contributed by atoms with Crippen LogP contribution in [-0.2, 0) is 0 Å². The molecular formula is C26H25NS. The Kier molecular flexibility index (Phi) is 6.57. The van der Waals surface area contributed by atoms with Gasteiger partial charge in [0, 0.05) is 10.5 Å². The van der Waals surface area contributed by atoms with Gasteiger partial charge in [0.15, 0.2) is 0 Å². The molecule has 3 aromatic carbocycles. The summed E-state index contributed by atoms with van der Waals surface area (Å²) in [5.74, 6) is 0. The maximum atomic E-state index is 5.52. The Balaban J connectivity index is 2.31. The third kappa shape index (κ3) is 3.97. The molecule has 140 valence electrons. The normalized spacial score (nSPS) is 11.4. The highest BCUT2D eigenvalue weighted by Crippen LogP contribution is 2.41. The lowest BCUT2D eigenvalue weighted by molar-refractivity contribution is 1.41. The second-order valence-corrected chi connectivity index (χ2v) is 7.23. The zero-order valence-corrected chi connectivity index (χ0v) is 17.2. The van der Waals surface area contributed by atoms with Crippen LogP contribution in [0.15, 0.2) is 84.4 Å². The van der Waals surface area contributed by atoms with Gasteiger partial charge in [0.25, 0.3) is 0 Å². The van der Waals surface area contributed by atoms with Crippen LogP contribution in [0.1, 0.15) is 23.6 Å². The van der Waals surface area contributed by atoms with E-state index < -0.39 is 0 Å². The first-order valence-corrected chi connectivity index (χ1v) is 10.5. The SMILES string of the molecule is C=Cc1c(/C=C\C)c(-c2ccccc2)cc(SC)c1-c1ccc(/C=C/N)cc1. The smallest absolute Gasteiger partial charge is 0.0160 e. The molecule has 0 spiro atoms. The summed E-state index contributed by atoms with van der Waals surface area (Å²) in [5.41, 5.74) is 13.8. The van der Waals surface area contributed by atoms with Crippen molar-refractivity contribution in [1.82, 2.24) is 0 Å². The van der Waals surface area contributed by atoms with Crippen LogP contribution < -0.4 is 5.73 Å². The summed E-state index contributed by atoms with van der Waals surface area (Å²) in [6.45, 7) is 6.20. The Morgan fingerprint density at radius 3 is 2.18 bits per heavy atom. The van der Waals surface area contributed by atoms with E-state index in [9.17, 15) is 0 Å². The van der Waals surface area contributed by atoms with Crippen LogP contribution in [0.4, 0.5) is 0 Å². The van der Waals surface area contributed by atoms with Gasteiger partial charge in [-0.05, 0) is 64.9 Å². The molecule has 1 nitrogen and oxygen atoms in total. The molecular weight excluding hydrogens is 358 g/mol. The largest absolute Gasteiger partial charge is 0.405 e. The summed E-state index contributed by atoms with van der Waals surface area (Å²) >= 11 is 1.76. The van der Waals surface area contributed by atoms with Crippen LogP contribution in [0, 0.1) is 0 Å². The molecule has 28 heavy (non-hydrogen) atoms. The molecule has 0 bridgehead atoms. The molecule has 2 heteroatoms. The lowest BCUT2D eigenvalue weighted by atomic mass is 9.88. The summed E-state index contributed by atoms with van der Waals surface area (Å²) in [5, 5.41) is 0. The molecule has 0 aliphatic heterocycles. The van der Waals surface area contributed by atoms with Crippen LogP contribution in [0.3, 0.4) is 0 Å². The van der Waals surface area contributed by atoms with Gasteiger partial charge in [-0.25, -0.2) is 0 Å². The van der Waals surface area contributed by atoms with Crippen LogP contribution in [-0.4, -0.2) is 6.26 Å². The molecule has 0 heterocycles. The standard InChI is InChI=1S/C26H25NS/c1-4-9-23-22(5-2)26(21-14-12-19(13-15-21)16-17-27)25(28-3)18-24(23)20-10-7-6-8-11-20/h4-18H,2,27H2,1,3H3/b9-4-,17-16+. The third-order valence-electron chi connectivity index (χ3n) is 4.70.